The number of carbonyl (C=O) groups excluding carboxylic acids is 2. The number of hydrogen-bond acceptors (Lipinski definition) is 7. The molecule has 0 bridgehead atoms. The molecular weight excluding hydrogens is 592 g/mol. The highest BCUT2D eigenvalue weighted by Crippen LogP contribution is 2.50. The molecule has 1 aliphatic carbocycles. The number of aromatic nitrogens is 3. The van der Waals surface area contributed by atoms with Gasteiger partial charge in [-0.15, -0.1) is 0 Å². The summed E-state index contributed by atoms with van der Waals surface area (Å²) in [6.07, 6.45) is 4.10. The molecular formula is C32H26ClF2N5O4. The molecule has 0 spiro atoms. The molecule has 6 rings (SSSR count). The molecule has 1 fully saturated rings. The van der Waals surface area contributed by atoms with Crippen molar-refractivity contribution in [3.8, 4) is 6.07 Å². The molecule has 3 heterocycles. The fourth-order valence-corrected chi connectivity index (χ4v) is 6.08. The van der Waals surface area contributed by atoms with E-state index in [0.29, 0.717) is 28.3 Å². The van der Waals surface area contributed by atoms with Crippen LogP contribution in [0.4, 0.5) is 8.78 Å². The second-order valence-electron chi connectivity index (χ2n) is 11.0. The Morgan fingerprint density at radius 1 is 1.18 bits per heavy atom. The molecule has 1 saturated carbocycles. The number of rotatable bonds is 8. The summed E-state index contributed by atoms with van der Waals surface area (Å²) in [4.78, 5) is 32.3. The van der Waals surface area contributed by atoms with E-state index >= 15 is 4.39 Å². The van der Waals surface area contributed by atoms with Crippen LogP contribution in [0.15, 0.2) is 67.1 Å². The summed E-state index contributed by atoms with van der Waals surface area (Å²) in [5.41, 5.74) is -3.52. The summed E-state index contributed by atoms with van der Waals surface area (Å²) < 4.78 is 39.3. The van der Waals surface area contributed by atoms with Crippen LogP contribution in [0.5, 0.6) is 0 Å². The van der Waals surface area contributed by atoms with Crippen molar-refractivity contribution in [3.63, 3.8) is 0 Å². The van der Waals surface area contributed by atoms with Gasteiger partial charge in [-0.2, -0.15) is 10.4 Å². The molecule has 224 valence electrons. The number of aliphatic hydroxyl groups is 1. The summed E-state index contributed by atoms with van der Waals surface area (Å²) in [5.74, 6) is -1.61. The number of amides is 1. The topological polar surface area (TPSA) is 121 Å². The zero-order valence-corrected chi connectivity index (χ0v) is 24.3. The number of nitriles is 1. The minimum Gasteiger partial charge on any atom is -0.377 e. The summed E-state index contributed by atoms with van der Waals surface area (Å²) >= 11 is 6.21. The number of fused-ring (bicyclic) bond motifs is 1. The number of nitrogens with zero attached hydrogens (tertiary/aromatic N) is 5. The number of Topliss-reactive ketones (excluding diaryl/α,β-unsaturated/α-hetero) is 1. The van der Waals surface area contributed by atoms with Gasteiger partial charge in [-0.1, -0.05) is 23.7 Å². The Hall–Kier alpha value is -4.50. The summed E-state index contributed by atoms with van der Waals surface area (Å²) in [6.45, 7) is -1.49. The van der Waals surface area contributed by atoms with Gasteiger partial charge in [-0.05, 0) is 48.4 Å². The van der Waals surface area contributed by atoms with E-state index < -0.39 is 35.8 Å². The number of halogens is 3. The Labute approximate surface area is 256 Å². The zero-order chi connectivity index (χ0) is 31.2. The molecule has 2 aliphatic rings. The van der Waals surface area contributed by atoms with Crippen LogP contribution < -0.4 is 0 Å². The maximum atomic E-state index is 16.7. The standard InChI is InChI=1S/C32H26ClF2N5O4/c1-39-16-22(15-38-39)31(43,18-34)21-10-27-29(28(35)11-21)32(20-3-5-23(33)6-4-20,44-26-9-8-25(41)12-26)40(30(27)42)17-24-7-2-19(13-36)14-37-24/h2-7,10-11,14-16,26,43H,8-9,12,17-18H2,1H3/t26-,31?,32+/m0/s1. The van der Waals surface area contributed by atoms with Crippen molar-refractivity contribution in [2.45, 2.75) is 43.2 Å². The second-order valence-corrected chi connectivity index (χ2v) is 11.4. The van der Waals surface area contributed by atoms with Crippen LogP contribution in [0, 0.1) is 17.1 Å². The second kappa shape index (κ2) is 11.2. The number of benzene rings is 2. The Balaban J connectivity index is 1.58. The predicted octanol–water partition coefficient (Wildman–Crippen LogP) is 4.68. The lowest BCUT2D eigenvalue weighted by atomic mass is 9.85. The van der Waals surface area contributed by atoms with E-state index in [1.165, 1.54) is 34.2 Å². The van der Waals surface area contributed by atoms with Gasteiger partial charge in [0.05, 0.1) is 41.2 Å². The van der Waals surface area contributed by atoms with Gasteiger partial charge in [-0.25, -0.2) is 8.78 Å². The Bertz CT molecular complexity index is 1810. The molecule has 1 N–H and O–H groups in total. The highest BCUT2D eigenvalue weighted by atomic mass is 35.5. The van der Waals surface area contributed by atoms with Gasteiger partial charge < -0.3 is 9.84 Å². The SMILES string of the molecule is Cn1cc(C(O)(CF)c2cc(F)c3c(c2)C(=O)N(Cc2ccc(C#N)cn2)[C@@]3(O[C@H]2CCC(=O)C2)c2ccc(Cl)cc2)cn1. The molecule has 1 amide bonds. The normalized spacial score (nSPS) is 20.9. The first-order valence-electron chi connectivity index (χ1n) is 13.8. The number of ketones is 1. The number of alkyl halides is 1. The van der Waals surface area contributed by atoms with E-state index in [9.17, 15) is 24.3 Å². The van der Waals surface area contributed by atoms with Crippen molar-refractivity contribution in [1.82, 2.24) is 19.7 Å². The highest BCUT2D eigenvalue weighted by Gasteiger charge is 2.56. The van der Waals surface area contributed by atoms with Gasteiger partial charge in [0.15, 0.2) is 0 Å². The van der Waals surface area contributed by atoms with Crippen LogP contribution in [-0.2, 0) is 34.4 Å². The van der Waals surface area contributed by atoms with Crippen molar-refractivity contribution >= 4 is 23.3 Å². The monoisotopic (exact) mass is 617 g/mol. The molecule has 12 heteroatoms. The first-order chi connectivity index (χ1) is 21.1. The molecule has 1 unspecified atom stereocenters. The van der Waals surface area contributed by atoms with Gasteiger partial charge >= 0.3 is 0 Å². The zero-order valence-electron chi connectivity index (χ0n) is 23.5. The number of aryl methyl sites for hydroxylation is 1. The summed E-state index contributed by atoms with van der Waals surface area (Å²) in [7, 11) is 1.59. The van der Waals surface area contributed by atoms with E-state index in [0.717, 1.165) is 6.07 Å². The van der Waals surface area contributed by atoms with Crippen molar-refractivity contribution in [3.05, 3.63) is 117 Å². The lowest BCUT2D eigenvalue weighted by molar-refractivity contribution is -0.149. The van der Waals surface area contributed by atoms with E-state index in [-0.39, 0.29) is 47.4 Å². The largest absolute Gasteiger partial charge is 0.377 e. The number of ether oxygens (including phenoxy) is 1. The summed E-state index contributed by atoms with van der Waals surface area (Å²) in [6, 6.07) is 13.8. The quantitative estimate of drug-likeness (QED) is 0.305. The average molecular weight is 618 g/mol. The third-order valence-corrected chi connectivity index (χ3v) is 8.44. The van der Waals surface area contributed by atoms with Gasteiger partial charge in [0, 0.05) is 48.4 Å². The molecule has 0 radical (unpaired) electrons. The Morgan fingerprint density at radius 3 is 2.55 bits per heavy atom. The molecule has 2 aromatic heterocycles. The van der Waals surface area contributed by atoms with Crippen LogP contribution in [0.3, 0.4) is 0 Å². The first kappa shape index (κ1) is 29.6. The first-order valence-corrected chi connectivity index (χ1v) is 14.2. The van der Waals surface area contributed by atoms with Crippen molar-refractivity contribution in [1.29, 1.82) is 5.26 Å². The molecule has 2 aromatic carbocycles. The van der Waals surface area contributed by atoms with E-state index in [1.54, 1.807) is 43.4 Å². The number of pyridine rings is 1. The maximum Gasteiger partial charge on any atom is 0.257 e. The third kappa shape index (κ3) is 4.85. The average Bonchev–Trinajstić information content (AvgIpc) is 3.71. The van der Waals surface area contributed by atoms with Crippen LogP contribution in [0.25, 0.3) is 0 Å². The number of hydrogen-bond donors (Lipinski definition) is 1. The lowest BCUT2D eigenvalue weighted by Crippen LogP contribution is -2.48. The van der Waals surface area contributed by atoms with Crippen LogP contribution in [0.1, 0.15) is 63.1 Å². The van der Waals surface area contributed by atoms with Crippen LogP contribution in [0.2, 0.25) is 5.02 Å². The lowest BCUT2D eigenvalue weighted by Gasteiger charge is -2.41. The fraction of sp³-hybridized carbons (Fsp3) is 0.281. The van der Waals surface area contributed by atoms with E-state index in [2.05, 4.69) is 10.1 Å². The van der Waals surface area contributed by atoms with Crippen molar-refractivity contribution < 1.29 is 28.2 Å². The third-order valence-electron chi connectivity index (χ3n) is 8.19. The molecule has 44 heavy (non-hydrogen) atoms. The fourth-order valence-electron chi connectivity index (χ4n) is 5.96. The van der Waals surface area contributed by atoms with Crippen LogP contribution in [-0.4, -0.2) is 49.2 Å². The van der Waals surface area contributed by atoms with E-state index in [1.807, 2.05) is 6.07 Å². The molecule has 9 nitrogen and oxygen atoms in total. The van der Waals surface area contributed by atoms with E-state index in [4.69, 9.17) is 16.3 Å². The molecule has 1 aliphatic heterocycles. The highest BCUT2D eigenvalue weighted by molar-refractivity contribution is 6.30. The minimum absolute atomic E-state index is 0.0218. The molecule has 4 aromatic rings. The van der Waals surface area contributed by atoms with Crippen molar-refractivity contribution in [2.24, 2.45) is 7.05 Å². The van der Waals surface area contributed by atoms with Crippen LogP contribution >= 0.6 is 11.6 Å². The van der Waals surface area contributed by atoms with Gasteiger partial charge in [0.25, 0.3) is 5.91 Å². The summed E-state index contributed by atoms with van der Waals surface area (Å²) in [5, 5.41) is 25.1. The van der Waals surface area contributed by atoms with Crippen molar-refractivity contribution in [2.75, 3.05) is 6.67 Å². The smallest absolute Gasteiger partial charge is 0.257 e. The van der Waals surface area contributed by atoms with Gasteiger partial charge in [-0.3, -0.25) is 24.2 Å². The minimum atomic E-state index is -2.30. The molecule has 3 atom stereocenters. The van der Waals surface area contributed by atoms with Gasteiger partial charge in [0.1, 0.15) is 29.9 Å². The van der Waals surface area contributed by atoms with Gasteiger partial charge in [0.2, 0.25) is 5.72 Å². The Kier molecular flexibility index (Phi) is 7.53. The molecule has 0 saturated heterocycles. The Morgan fingerprint density at radius 2 is 1.95 bits per heavy atom. The number of carbonyl (C=O) groups is 2. The predicted molar refractivity (Wildman–Crippen MR) is 153 cm³/mol. The maximum absolute atomic E-state index is 16.7.